The van der Waals surface area contributed by atoms with E-state index in [1.165, 1.54) is 0 Å². The Balaban J connectivity index is 2.11. The molecule has 6 heteroatoms. The van der Waals surface area contributed by atoms with Gasteiger partial charge in [0.1, 0.15) is 0 Å². The van der Waals surface area contributed by atoms with Crippen LogP contribution in [0.25, 0.3) is 0 Å². The fourth-order valence-corrected chi connectivity index (χ4v) is 2.71. The molecule has 0 aliphatic rings. The number of aromatic nitrogens is 2. The first-order chi connectivity index (χ1) is 8.70. The molecule has 0 fully saturated rings. The Kier molecular flexibility index (Phi) is 4.54. The normalized spacial score (nSPS) is 10.6. The summed E-state index contributed by atoms with van der Waals surface area (Å²) < 4.78 is 2.25. The van der Waals surface area contributed by atoms with Gasteiger partial charge in [-0.15, -0.1) is 11.3 Å². The van der Waals surface area contributed by atoms with Crippen LogP contribution in [-0.4, -0.2) is 16.1 Å². The van der Waals surface area contributed by atoms with E-state index in [1.807, 2.05) is 12.3 Å². The quantitative estimate of drug-likeness (QED) is 0.918. The van der Waals surface area contributed by atoms with Crippen LogP contribution in [0.1, 0.15) is 18.2 Å². The van der Waals surface area contributed by atoms with Gasteiger partial charge in [-0.3, -0.25) is 4.79 Å². The van der Waals surface area contributed by atoms with E-state index in [0.717, 1.165) is 23.0 Å². The van der Waals surface area contributed by atoms with Gasteiger partial charge in [0.2, 0.25) is 0 Å². The summed E-state index contributed by atoms with van der Waals surface area (Å²) in [5, 5.41) is 4.15. The largest absolute Gasteiger partial charge is 0.362 e. The molecule has 1 N–H and O–H groups in total. The summed E-state index contributed by atoms with van der Waals surface area (Å²) in [5.74, 6) is 0. The molecule has 0 aliphatic carbocycles. The number of halogens is 1. The molecular formula is C12H14BrN3OS. The lowest BCUT2D eigenvalue weighted by molar-refractivity contribution is 0.764. The monoisotopic (exact) mass is 327 g/mol. The number of rotatable bonds is 5. The van der Waals surface area contributed by atoms with Crippen LogP contribution in [0.4, 0.5) is 5.13 Å². The summed E-state index contributed by atoms with van der Waals surface area (Å²) in [4.78, 5) is 17.2. The molecular weight excluding hydrogens is 314 g/mol. The molecule has 0 radical (unpaired) electrons. The van der Waals surface area contributed by atoms with Crippen molar-refractivity contribution in [3.8, 4) is 0 Å². The fraction of sp³-hybridized carbons (Fsp3) is 0.333. The van der Waals surface area contributed by atoms with Gasteiger partial charge in [0.15, 0.2) is 5.13 Å². The molecule has 18 heavy (non-hydrogen) atoms. The molecule has 0 unspecified atom stereocenters. The van der Waals surface area contributed by atoms with Crippen molar-refractivity contribution in [3.05, 3.63) is 44.2 Å². The molecule has 0 aliphatic heterocycles. The molecule has 0 saturated heterocycles. The van der Waals surface area contributed by atoms with Crippen LogP contribution in [0.5, 0.6) is 0 Å². The number of thiazole rings is 1. The lowest BCUT2D eigenvalue weighted by Gasteiger charge is -2.03. The zero-order chi connectivity index (χ0) is 13.0. The number of anilines is 1. The van der Waals surface area contributed by atoms with Gasteiger partial charge in [0.05, 0.1) is 11.0 Å². The third-order valence-corrected chi connectivity index (χ3v) is 3.92. The highest BCUT2D eigenvalue weighted by molar-refractivity contribution is 9.10. The molecule has 0 bridgehead atoms. The zero-order valence-corrected chi connectivity index (χ0v) is 12.4. The zero-order valence-electron chi connectivity index (χ0n) is 10.0. The number of nitrogens with zero attached hydrogens (tertiary/aromatic N) is 2. The third kappa shape index (κ3) is 3.20. The minimum atomic E-state index is -0.0195. The van der Waals surface area contributed by atoms with Crippen molar-refractivity contribution >= 4 is 32.4 Å². The average Bonchev–Trinajstić information content (AvgIpc) is 2.80. The van der Waals surface area contributed by atoms with Gasteiger partial charge in [-0.25, -0.2) is 4.98 Å². The van der Waals surface area contributed by atoms with Gasteiger partial charge in [0, 0.05) is 23.8 Å². The second-order valence-electron chi connectivity index (χ2n) is 3.85. The molecule has 0 spiro atoms. The molecule has 2 heterocycles. The lowest BCUT2D eigenvalue weighted by atomic mass is 10.4. The van der Waals surface area contributed by atoms with Crippen LogP contribution in [-0.2, 0) is 6.54 Å². The Morgan fingerprint density at radius 2 is 2.39 bits per heavy atom. The first-order valence-electron chi connectivity index (χ1n) is 5.74. The molecule has 2 aromatic rings. The van der Waals surface area contributed by atoms with Gasteiger partial charge in [0.25, 0.3) is 5.56 Å². The Hall–Kier alpha value is -1.14. The van der Waals surface area contributed by atoms with Crippen LogP contribution in [0, 0.1) is 0 Å². The molecule has 4 nitrogen and oxygen atoms in total. The maximum absolute atomic E-state index is 11.8. The predicted octanol–water partition coefficient (Wildman–Crippen LogP) is 2.94. The van der Waals surface area contributed by atoms with Crippen LogP contribution in [0.3, 0.4) is 0 Å². The standard InChI is InChI=1S/C12H14BrN3OS/c1-2-5-14-12-15-7-9(18-12)8-16-6-3-4-10(13)11(16)17/h3-4,6-7H,2,5,8H2,1H3,(H,14,15). The molecule has 2 rings (SSSR count). The van der Waals surface area contributed by atoms with Crippen LogP contribution in [0.2, 0.25) is 0 Å². The second kappa shape index (κ2) is 6.15. The van der Waals surface area contributed by atoms with Crippen molar-refractivity contribution in [2.45, 2.75) is 19.9 Å². The van der Waals surface area contributed by atoms with E-state index < -0.39 is 0 Å². The third-order valence-electron chi connectivity index (χ3n) is 2.38. The Morgan fingerprint density at radius 1 is 1.56 bits per heavy atom. The highest BCUT2D eigenvalue weighted by Gasteiger charge is 2.04. The maximum Gasteiger partial charge on any atom is 0.265 e. The topological polar surface area (TPSA) is 46.9 Å². The summed E-state index contributed by atoms with van der Waals surface area (Å²) in [5.41, 5.74) is -0.0195. The summed E-state index contributed by atoms with van der Waals surface area (Å²) in [6.07, 6.45) is 4.67. The number of pyridine rings is 1. The molecule has 2 aromatic heterocycles. The molecule has 0 amide bonds. The SMILES string of the molecule is CCCNc1ncc(Cn2cccc(Br)c2=O)s1. The second-order valence-corrected chi connectivity index (χ2v) is 5.82. The smallest absolute Gasteiger partial charge is 0.265 e. The number of nitrogens with one attached hydrogen (secondary N) is 1. The van der Waals surface area contributed by atoms with Crippen LogP contribution >= 0.6 is 27.3 Å². The highest BCUT2D eigenvalue weighted by Crippen LogP contribution is 2.18. The van der Waals surface area contributed by atoms with Crippen molar-refractivity contribution in [1.82, 2.24) is 9.55 Å². The first-order valence-corrected chi connectivity index (χ1v) is 7.35. The minimum Gasteiger partial charge on any atom is -0.362 e. The number of hydrogen-bond acceptors (Lipinski definition) is 4. The Bertz CT molecular complexity index is 579. The summed E-state index contributed by atoms with van der Waals surface area (Å²) >= 11 is 4.83. The van der Waals surface area contributed by atoms with Gasteiger partial charge in [-0.1, -0.05) is 6.92 Å². The van der Waals surface area contributed by atoms with Gasteiger partial charge >= 0.3 is 0 Å². The van der Waals surface area contributed by atoms with Crippen LogP contribution < -0.4 is 10.9 Å². The summed E-state index contributed by atoms with van der Waals surface area (Å²) in [6.45, 7) is 3.59. The van der Waals surface area contributed by atoms with E-state index >= 15 is 0 Å². The molecule has 0 aromatic carbocycles. The Morgan fingerprint density at radius 3 is 3.17 bits per heavy atom. The van der Waals surface area contributed by atoms with Crippen molar-refractivity contribution in [3.63, 3.8) is 0 Å². The average molecular weight is 328 g/mol. The van der Waals surface area contributed by atoms with E-state index in [-0.39, 0.29) is 5.56 Å². The lowest BCUT2D eigenvalue weighted by Crippen LogP contribution is -2.19. The first kappa shape index (κ1) is 13.3. The molecule has 96 valence electrons. The van der Waals surface area contributed by atoms with E-state index in [4.69, 9.17) is 0 Å². The van der Waals surface area contributed by atoms with Gasteiger partial charge in [-0.2, -0.15) is 0 Å². The number of hydrogen-bond donors (Lipinski definition) is 1. The highest BCUT2D eigenvalue weighted by atomic mass is 79.9. The molecule has 0 atom stereocenters. The minimum absolute atomic E-state index is 0.0195. The van der Waals surface area contributed by atoms with Gasteiger partial charge < -0.3 is 9.88 Å². The maximum atomic E-state index is 11.8. The molecule has 0 saturated carbocycles. The van der Waals surface area contributed by atoms with E-state index in [1.54, 1.807) is 28.2 Å². The Labute approximate surface area is 118 Å². The van der Waals surface area contributed by atoms with Crippen molar-refractivity contribution in [2.75, 3.05) is 11.9 Å². The van der Waals surface area contributed by atoms with E-state index in [0.29, 0.717) is 11.0 Å². The van der Waals surface area contributed by atoms with Crippen LogP contribution in [0.15, 0.2) is 33.8 Å². The van der Waals surface area contributed by atoms with Gasteiger partial charge in [-0.05, 0) is 34.5 Å². The predicted molar refractivity (Wildman–Crippen MR) is 78.4 cm³/mol. The van der Waals surface area contributed by atoms with E-state index in [2.05, 4.69) is 33.2 Å². The summed E-state index contributed by atoms with van der Waals surface area (Å²) in [7, 11) is 0. The fourth-order valence-electron chi connectivity index (χ4n) is 1.49. The van der Waals surface area contributed by atoms with Crippen molar-refractivity contribution in [2.24, 2.45) is 0 Å². The van der Waals surface area contributed by atoms with Crippen molar-refractivity contribution in [1.29, 1.82) is 0 Å². The van der Waals surface area contributed by atoms with E-state index in [9.17, 15) is 4.79 Å². The van der Waals surface area contributed by atoms with Crippen molar-refractivity contribution < 1.29 is 0 Å². The summed E-state index contributed by atoms with van der Waals surface area (Å²) in [6, 6.07) is 3.60.